The van der Waals surface area contributed by atoms with Gasteiger partial charge in [0.05, 0.1) is 5.02 Å². The van der Waals surface area contributed by atoms with E-state index in [0.717, 1.165) is 5.56 Å². The molecule has 0 saturated carbocycles. The summed E-state index contributed by atoms with van der Waals surface area (Å²) in [6.45, 7) is 0.345. The minimum Gasteiger partial charge on any atom is -0.211 e. The van der Waals surface area contributed by atoms with Crippen LogP contribution in [0.5, 0.6) is 0 Å². The van der Waals surface area contributed by atoms with E-state index in [2.05, 4.69) is 4.72 Å². The number of benzene rings is 2. The van der Waals surface area contributed by atoms with Crippen molar-refractivity contribution in [2.75, 3.05) is 6.54 Å². The molecular weight excluding hydrogens is 282 g/mol. The Kier molecular flexibility index (Phi) is 4.58. The Morgan fingerprint density at radius 3 is 2.26 bits per heavy atom. The first-order valence-corrected chi connectivity index (χ1v) is 7.74. The fourth-order valence-corrected chi connectivity index (χ4v) is 3.26. The molecule has 0 heterocycles. The quantitative estimate of drug-likeness (QED) is 0.922. The Bertz CT molecular complexity index is 642. The van der Waals surface area contributed by atoms with E-state index in [-0.39, 0.29) is 9.92 Å². The number of hydrogen-bond donors (Lipinski definition) is 1. The molecule has 0 aliphatic rings. The summed E-state index contributed by atoms with van der Waals surface area (Å²) in [7, 11) is -3.54. The maximum absolute atomic E-state index is 12.0. The normalized spacial score (nSPS) is 11.4. The van der Waals surface area contributed by atoms with Gasteiger partial charge < -0.3 is 0 Å². The number of halogens is 1. The summed E-state index contributed by atoms with van der Waals surface area (Å²) in [5.74, 6) is 0. The van der Waals surface area contributed by atoms with Gasteiger partial charge in [0.25, 0.3) is 0 Å². The summed E-state index contributed by atoms with van der Waals surface area (Å²) in [5, 5.41) is 0.231. The third-order valence-electron chi connectivity index (χ3n) is 2.67. The first-order valence-electron chi connectivity index (χ1n) is 5.88. The first kappa shape index (κ1) is 14.1. The lowest BCUT2D eigenvalue weighted by Gasteiger charge is -2.08. The number of hydrogen-bond acceptors (Lipinski definition) is 2. The highest BCUT2D eigenvalue weighted by atomic mass is 35.5. The van der Waals surface area contributed by atoms with Crippen LogP contribution < -0.4 is 4.72 Å². The van der Waals surface area contributed by atoms with Gasteiger partial charge in [-0.1, -0.05) is 54.1 Å². The molecule has 0 atom stereocenters. The molecule has 1 N–H and O–H groups in total. The van der Waals surface area contributed by atoms with Crippen molar-refractivity contribution in [2.24, 2.45) is 0 Å². The lowest BCUT2D eigenvalue weighted by atomic mass is 10.2. The zero-order valence-electron chi connectivity index (χ0n) is 10.2. The minimum absolute atomic E-state index is 0.115. The van der Waals surface area contributed by atoms with Crippen LogP contribution in [0.4, 0.5) is 0 Å². The van der Waals surface area contributed by atoms with E-state index in [9.17, 15) is 8.42 Å². The summed E-state index contributed by atoms with van der Waals surface area (Å²) in [5.41, 5.74) is 1.09. The average molecular weight is 296 g/mol. The van der Waals surface area contributed by atoms with Gasteiger partial charge in [0.1, 0.15) is 4.90 Å². The Morgan fingerprint density at radius 1 is 0.947 bits per heavy atom. The van der Waals surface area contributed by atoms with E-state index >= 15 is 0 Å². The zero-order chi connectivity index (χ0) is 13.7. The fraction of sp³-hybridized carbons (Fsp3) is 0.143. The van der Waals surface area contributed by atoms with E-state index in [1.807, 2.05) is 30.3 Å². The van der Waals surface area contributed by atoms with E-state index < -0.39 is 10.0 Å². The molecule has 0 aliphatic heterocycles. The third-order valence-corrected chi connectivity index (χ3v) is 4.64. The second-order valence-corrected chi connectivity index (χ2v) is 6.21. The van der Waals surface area contributed by atoms with Crippen LogP contribution >= 0.6 is 11.6 Å². The van der Waals surface area contributed by atoms with Crippen LogP contribution in [-0.4, -0.2) is 15.0 Å². The molecule has 2 aromatic rings. The molecule has 0 fully saturated rings. The fourth-order valence-electron chi connectivity index (χ4n) is 1.71. The molecule has 0 unspecified atom stereocenters. The Morgan fingerprint density at radius 2 is 1.58 bits per heavy atom. The second kappa shape index (κ2) is 6.19. The Labute approximate surface area is 118 Å². The standard InChI is InChI=1S/C14H14ClNO2S/c15-13-8-4-5-9-14(13)19(17,18)16-11-10-12-6-2-1-3-7-12/h1-9,16H,10-11H2. The molecule has 5 heteroatoms. The van der Waals surface area contributed by atoms with Gasteiger partial charge in [-0.3, -0.25) is 0 Å². The molecular formula is C14H14ClNO2S. The topological polar surface area (TPSA) is 46.2 Å². The summed E-state index contributed by atoms with van der Waals surface area (Å²) in [4.78, 5) is 0.115. The van der Waals surface area contributed by atoms with Gasteiger partial charge in [0.15, 0.2) is 0 Å². The lowest BCUT2D eigenvalue weighted by Crippen LogP contribution is -2.26. The van der Waals surface area contributed by atoms with E-state index in [4.69, 9.17) is 11.6 Å². The summed E-state index contributed by atoms with van der Waals surface area (Å²) in [6, 6.07) is 16.1. The van der Waals surface area contributed by atoms with Gasteiger partial charge >= 0.3 is 0 Å². The Balaban J connectivity index is 2.01. The van der Waals surface area contributed by atoms with Crippen molar-refractivity contribution in [1.29, 1.82) is 0 Å². The van der Waals surface area contributed by atoms with Crippen molar-refractivity contribution >= 4 is 21.6 Å². The van der Waals surface area contributed by atoms with E-state index in [1.54, 1.807) is 18.2 Å². The smallest absolute Gasteiger partial charge is 0.211 e. The molecule has 3 nitrogen and oxygen atoms in total. The Hall–Kier alpha value is -1.36. The van der Waals surface area contributed by atoms with Crippen LogP contribution in [0.25, 0.3) is 0 Å². The molecule has 0 saturated heterocycles. The van der Waals surface area contributed by atoms with Crippen molar-refractivity contribution in [3.63, 3.8) is 0 Å². The number of sulfonamides is 1. The maximum atomic E-state index is 12.0. The molecule has 0 radical (unpaired) electrons. The van der Waals surface area contributed by atoms with E-state index in [1.165, 1.54) is 6.07 Å². The van der Waals surface area contributed by atoms with Gasteiger partial charge in [0, 0.05) is 6.54 Å². The minimum atomic E-state index is -3.54. The molecule has 0 bridgehead atoms. The van der Waals surface area contributed by atoms with Crippen molar-refractivity contribution in [3.8, 4) is 0 Å². The molecule has 0 aliphatic carbocycles. The van der Waals surface area contributed by atoms with Crippen LogP contribution in [0.3, 0.4) is 0 Å². The largest absolute Gasteiger partial charge is 0.242 e. The van der Waals surface area contributed by atoms with Gasteiger partial charge in [-0.2, -0.15) is 0 Å². The average Bonchev–Trinajstić information content (AvgIpc) is 2.40. The summed E-state index contributed by atoms with van der Waals surface area (Å²) >= 11 is 5.89. The molecule has 0 aromatic heterocycles. The number of rotatable bonds is 5. The lowest BCUT2D eigenvalue weighted by molar-refractivity contribution is 0.581. The summed E-state index contributed by atoms with van der Waals surface area (Å²) in [6.07, 6.45) is 0.643. The van der Waals surface area contributed by atoms with Crippen LogP contribution in [0.2, 0.25) is 5.02 Å². The van der Waals surface area contributed by atoms with Crippen molar-refractivity contribution in [1.82, 2.24) is 4.72 Å². The highest BCUT2D eigenvalue weighted by molar-refractivity contribution is 7.89. The van der Waals surface area contributed by atoms with Crippen LogP contribution in [0, 0.1) is 0 Å². The highest BCUT2D eigenvalue weighted by Gasteiger charge is 2.16. The van der Waals surface area contributed by atoms with Gasteiger partial charge in [-0.25, -0.2) is 13.1 Å². The van der Waals surface area contributed by atoms with Crippen LogP contribution in [0.15, 0.2) is 59.5 Å². The SMILES string of the molecule is O=S(=O)(NCCc1ccccc1)c1ccccc1Cl. The van der Waals surface area contributed by atoms with Crippen molar-refractivity contribution in [3.05, 3.63) is 65.2 Å². The maximum Gasteiger partial charge on any atom is 0.242 e. The summed E-state index contributed by atoms with van der Waals surface area (Å²) < 4.78 is 26.6. The zero-order valence-corrected chi connectivity index (χ0v) is 11.8. The van der Waals surface area contributed by atoms with Crippen LogP contribution in [0.1, 0.15) is 5.56 Å². The predicted molar refractivity (Wildman–Crippen MR) is 76.8 cm³/mol. The van der Waals surface area contributed by atoms with Crippen molar-refractivity contribution in [2.45, 2.75) is 11.3 Å². The number of nitrogens with one attached hydrogen (secondary N) is 1. The van der Waals surface area contributed by atoms with Gasteiger partial charge in [0.2, 0.25) is 10.0 Å². The van der Waals surface area contributed by atoms with Crippen LogP contribution in [-0.2, 0) is 16.4 Å². The monoisotopic (exact) mass is 295 g/mol. The predicted octanol–water partition coefficient (Wildman–Crippen LogP) is 2.86. The second-order valence-electron chi connectivity index (χ2n) is 4.06. The molecule has 19 heavy (non-hydrogen) atoms. The van der Waals surface area contributed by atoms with Gasteiger partial charge in [-0.15, -0.1) is 0 Å². The van der Waals surface area contributed by atoms with Crippen molar-refractivity contribution < 1.29 is 8.42 Å². The first-order chi connectivity index (χ1) is 9.09. The van der Waals surface area contributed by atoms with Gasteiger partial charge in [-0.05, 0) is 24.1 Å². The molecule has 2 aromatic carbocycles. The third kappa shape index (κ3) is 3.80. The molecule has 2 rings (SSSR count). The molecule has 100 valence electrons. The van der Waals surface area contributed by atoms with E-state index in [0.29, 0.717) is 13.0 Å². The molecule has 0 spiro atoms. The highest BCUT2D eigenvalue weighted by Crippen LogP contribution is 2.19. The molecule has 0 amide bonds.